The fraction of sp³-hybridized carbons (Fsp3) is 0.462. The molecule has 1 rings (SSSR count). The minimum atomic E-state index is -4.44. The number of hydrogen-bond donors (Lipinski definition) is 3. The van der Waals surface area contributed by atoms with Crippen molar-refractivity contribution in [1.82, 2.24) is 4.90 Å². The van der Waals surface area contributed by atoms with E-state index < -0.39 is 44.4 Å². The lowest BCUT2D eigenvalue weighted by atomic mass is 10.3. The lowest BCUT2D eigenvalue weighted by Gasteiger charge is -2.25. The smallest absolute Gasteiger partial charge is 0.390 e. The second-order valence-corrected chi connectivity index (χ2v) is 4.96. The second-order valence-electron chi connectivity index (χ2n) is 4.56. The number of aliphatic hydroxyl groups is 2. The van der Waals surface area contributed by atoms with Crippen LogP contribution in [0.2, 0.25) is 5.02 Å². The summed E-state index contributed by atoms with van der Waals surface area (Å²) in [5, 5.41) is 20.7. The molecule has 3 N–H and O–H groups in total. The van der Waals surface area contributed by atoms with Gasteiger partial charge in [-0.2, -0.15) is 13.2 Å². The number of benzene rings is 1. The number of carbonyl (C=O) groups is 1. The van der Waals surface area contributed by atoms with Crippen molar-refractivity contribution in [3.63, 3.8) is 0 Å². The molecule has 0 aliphatic carbocycles. The van der Waals surface area contributed by atoms with E-state index >= 15 is 0 Å². The molecule has 0 aliphatic heterocycles. The van der Waals surface area contributed by atoms with Gasteiger partial charge in [-0.3, -0.25) is 0 Å². The van der Waals surface area contributed by atoms with E-state index in [2.05, 4.69) is 5.32 Å². The lowest BCUT2D eigenvalue weighted by molar-refractivity contribution is -0.137. The monoisotopic (exact) mass is 340 g/mol. The molecule has 0 unspecified atom stereocenters. The molecule has 0 radical (unpaired) electrons. The van der Waals surface area contributed by atoms with Crippen molar-refractivity contribution >= 4 is 23.3 Å². The number of carbonyl (C=O) groups excluding carboxylic acids is 1. The summed E-state index contributed by atoms with van der Waals surface area (Å²) >= 11 is 5.85. The molecule has 0 saturated carbocycles. The molecule has 0 spiro atoms. The molecular formula is C13H16ClF3N2O3. The van der Waals surface area contributed by atoms with Crippen molar-refractivity contribution in [1.29, 1.82) is 0 Å². The van der Waals surface area contributed by atoms with Gasteiger partial charge in [0.25, 0.3) is 0 Å². The number of alkyl halides is 3. The number of nitrogens with one attached hydrogen (secondary N) is 1. The van der Waals surface area contributed by atoms with Gasteiger partial charge in [-0.15, -0.1) is 0 Å². The first kappa shape index (κ1) is 18.5. The minimum absolute atomic E-state index is 0.231. The van der Waals surface area contributed by atoms with Crippen LogP contribution in [0.25, 0.3) is 0 Å². The molecule has 1 aromatic carbocycles. The predicted octanol–water partition coefficient (Wildman–Crippen LogP) is 2.48. The fourth-order valence-electron chi connectivity index (χ4n) is 1.61. The van der Waals surface area contributed by atoms with Crippen LogP contribution in [0.1, 0.15) is 6.42 Å². The molecule has 0 aliphatic rings. The Bertz CT molecular complexity index is 500. The minimum Gasteiger partial charge on any atom is -0.394 e. The first-order valence-corrected chi connectivity index (χ1v) is 6.77. The number of halogens is 4. The van der Waals surface area contributed by atoms with Gasteiger partial charge in [0.05, 0.1) is 36.4 Å². The van der Waals surface area contributed by atoms with Crippen molar-refractivity contribution in [2.75, 3.05) is 25.0 Å². The molecule has 0 heterocycles. The second kappa shape index (κ2) is 8.21. The molecule has 124 valence electrons. The predicted molar refractivity (Wildman–Crippen MR) is 75.8 cm³/mol. The van der Waals surface area contributed by atoms with Gasteiger partial charge in [-0.25, -0.2) is 4.79 Å². The largest absolute Gasteiger partial charge is 0.394 e. The summed E-state index contributed by atoms with van der Waals surface area (Å²) < 4.78 is 36.9. The fourth-order valence-corrected chi connectivity index (χ4v) is 1.79. The highest BCUT2D eigenvalue weighted by Gasteiger charge is 2.29. The van der Waals surface area contributed by atoms with Crippen LogP contribution < -0.4 is 5.32 Å². The first-order valence-electron chi connectivity index (χ1n) is 6.39. The van der Waals surface area contributed by atoms with E-state index in [-0.39, 0.29) is 10.7 Å². The Kier molecular flexibility index (Phi) is 6.92. The summed E-state index contributed by atoms with van der Waals surface area (Å²) in [7, 11) is 0. The van der Waals surface area contributed by atoms with E-state index in [1.54, 1.807) is 12.1 Å². The van der Waals surface area contributed by atoms with Crippen molar-refractivity contribution < 1.29 is 28.2 Å². The molecule has 2 amide bonds. The van der Waals surface area contributed by atoms with Crippen molar-refractivity contribution in [3.8, 4) is 0 Å². The van der Waals surface area contributed by atoms with Crippen LogP contribution in [0.5, 0.6) is 0 Å². The number of anilines is 1. The molecule has 5 nitrogen and oxygen atoms in total. The molecule has 1 atom stereocenters. The Morgan fingerprint density at radius 2 is 2.00 bits per heavy atom. The molecule has 22 heavy (non-hydrogen) atoms. The van der Waals surface area contributed by atoms with Gasteiger partial charge >= 0.3 is 12.2 Å². The third-order valence-corrected chi connectivity index (χ3v) is 3.04. The van der Waals surface area contributed by atoms with E-state index in [9.17, 15) is 23.1 Å². The van der Waals surface area contributed by atoms with E-state index in [0.717, 1.165) is 4.90 Å². The Morgan fingerprint density at radius 1 is 1.36 bits per heavy atom. The standard InChI is InChI=1S/C13H16ClF3N2O3/c14-10-3-1-2-4-11(10)18-12(22)19(7-9(21)8-20)6-5-13(15,16)17/h1-4,9,20-21H,5-8H2,(H,18,22)/t9-/m0/s1. The van der Waals surface area contributed by atoms with Gasteiger partial charge in [-0.05, 0) is 12.1 Å². The zero-order chi connectivity index (χ0) is 16.8. The highest BCUT2D eigenvalue weighted by Crippen LogP contribution is 2.22. The van der Waals surface area contributed by atoms with Crippen LogP contribution in [0.15, 0.2) is 24.3 Å². The maximum atomic E-state index is 12.3. The molecule has 0 saturated heterocycles. The normalized spacial score (nSPS) is 12.8. The number of hydrogen-bond acceptors (Lipinski definition) is 3. The van der Waals surface area contributed by atoms with Crippen LogP contribution in [0, 0.1) is 0 Å². The summed E-state index contributed by atoms with van der Waals surface area (Å²) in [6.07, 6.45) is -6.99. The van der Waals surface area contributed by atoms with E-state index in [1.807, 2.05) is 0 Å². The van der Waals surface area contributed by atoms with Crippen LogP contribution in [0.3, 0.4) is 0 Å². The van der Waals surface area contributed by atoms with Gasteiger partial charge in [0.1, 0.15) is 0 Å². The van der Waals surface area contributed by atoms with Crippen molar-refractivity contribution in [3.05, 3.63) is 29.3 Å². The Hall–Kier alpha value is -1.51. The number of aliphatic hydroxyl groups excluding tert-OH is 2. The van der Waals surface area contributed by atoms with E-state index in [1.165, 1.54) is 12.1 Å². The highest BCUT2D eigenvalue weighted by atomic mass is 35.5. The maximum absolute atomic E-state index is 12.3. The van der Waals surface area contributed by atoms with Crippen LogP contribution >= 0.6 is 11.6 Å². The van der Waals surface area contributed by atoms with Gasteiger partial charge in [0.2, 0.25) is 0 Å². The molecule has 0 fully saturated rings. The summed E-state index contributed by atoms with van der Waals surface area (Å²) in [5.74, 6) is 0. The zero-order valence-corrected chi connectivity index (χ0v) is 12.2. The van der Waals surface area contributed by atoms with E-state index in [0.29, 0.717) is 0 Å². The highest BCUT2D eigenvalue weighted by molar-refractivity contribution is 6.33. The third kappa shape index (κ3) is 6.50. The van der Waals surface area contributed by atoms with Crippen molar-refractivity contribution in [2.45, 2.75) is 18.7 Å². The number of nitrogens with zero attached hydrogens (tertiary/aromatic N) is 1. The van der Waals surface area contributed by atoms with Crippen LogP contribution in [-0.4, -0.2) is 53.1 Å². The van der Waals surface area contributed by atoms with Gasteiger partial charge in [0, 0.05) is 6.54 Å². The Labute approximate surface area is 130 Å². The summed E-state index contributed by atoms with van der Waals surface area (Å²) in [6, 6.07) is 5.40. The molecule has 0 aromatic heterocycles. The van der Waals surface area contributed by atoms with Crippen LogP contribution in [-0.2, 0) is 0 Å². The maximum Gasteiger partial charge on any atom is 0.390 e. The molecule has 0 bridgehead atoms. The van der Waals surface area contributed by atoms with Gasteiger partial charge in [-0.1, -0.05) is 23.7 Å². The van der Waals surface area contributed by atoms with Crippen LogP contribution in [0.4, 0.5) is 23.7 Å². The van der Waals surface area contributed by atoms with Crippen molar-refractivity contribution in [2.24, 2.45) is 0 Å². The Morgan fingerprint density at radius 3 is 2.55 bits per heavy atom. The zero-order valence-electron chi connectivity index (χ0n) is 11.5. The lowest BCUT2D eigenvalue weighted by Crippen LogP contribution is -2.43. The summed E-state index contributed by atoms with van der Waals surface area (Å²) in [6.45, 7) is -1.73. The Balaban J connectivity index is 2.76. The molecular weight excluding hydrogens is 325 g/mol. The molecule has 9 heteroatoms. The number of amides is 2. The SMILES string of the molecule is O=C(Nc1ccccc1Cl)N(CCC(F)(F)F)C[C@H](O)CO. The number of urea groups is 1. The topological polar surface area (TPSA) is 72.8 Å². The summed E-state index contributed by atoms with van der Waals surface area (Å²) in [5.41, 5.74) is 0.240. The third-order valence-electron chi connectivity index (χ3n) is 2.71. The average molecular weight is 341 g/mol. The van der Waals surface area contributed by atoms with Gasteiger partial charge < -0.3 is 20.4 Å². The van der Waals surface area contributed by atoms with Gasteiger partial charge in [0.15, 0.2) is 0 Å². The summed E-state index contributed by atoms with van der Waals surface area (Å²) in [4.78, 5) is 12.8. The quantitative estimate of drug-likeness (QED) is 0.745. The number of para-hydroxylation sites is 1. The number of rotatable bonds is 6. The first-order chi connectivity index (χ1) is 10.2. The van der Waals surface area contributed by atoms with E-state index in [4.69, 9.17) is 16.7 Å². The molecule has 1 aromatic rings. The average Bonchev–Trinajstić information content (AvgIpc) is 2.44.